The molecule has 0 aliphatic carbocycles. The fourth-order valence-corrected chi connectivity index (χ4v) is 1.55. The van der Waals surface area contributed by atoms with Crippen molar-refractivity contribution in [3.63, 3.8) is 0 Å². The molecule has 2 aromatic rings. The van der Waals surface area contributed by atoms with Gasteiger partial charge >= 0.3 is 0 Å². The minimum absolute atomic E-state index is 0.153. The van der Waals surface area contributed by atoms with Gasteiger partial charge < -0.3 is 14.4 Å². The number of hydrogen-bond donors (Lipinski definition) is 1. The highest BCUT2D eigenvalue weighted by molar-refractivity contribution is 5.34. The lowest BCUT2D eigenvalue weighted by Crippen LogP contribution is -2.21. The van der Waals surface area contributed by atoms with Crippen LogP contribution in [0.2, 0.25) is 0 Å². The van der Waals surface area contributed by atoms with Crippen LogP contribution >= 0.6 is 0 Å². The molecule has 0 aliphatic rings. The van der Waals surface area contributed by atoms with Crippen LogP contribution in [0, 0.1) is 13.8 Å². The Labute approximate surface area is 98.3 Å². The summed E-state index contributed by atoms with van der Waals surface area (Å²) in [4.78, 5) is 15.7. The van der Waals surface area contributed by atoms with E-state index in [2.05, 4.69) is 15.5 Å². The lowest BCUT2D eigenvalue weighted by molar-refractivity contribution is 0.392. The molecular formula is C11H14N4O2. The zero-order valence-electron chi connectivity index (χ0n) is 10.0. The first-order valence-electron chi connectivity index (χ1n) is 5.27. The third-order valence-corrected chi connectivity index (χ3v) is 2.63. The van der Waals surface area contributed by atoms with Gasteiger partial charge in [0, 0.05) is 31.5 Å². The molecule has 0 saturated heterocycles. The predicted octanol–water partition coefficient (Wildman–Crippen LogP) is 0.997. The highest BCUT2D eigenvalue weighted by atomic mass is 16.5. The van der Waals surface area contributed by atoms with Gasteiger partial charge in [-0.25, -0.2) is 4.98 Å². The van der Waals surface area contributed by atoms with E-state index in [0.717, 1.165) is 17.0 Å². The van der Waals surface area contributed by atoms with Crippen molar-refractivity contribution >= 4 is 5.82 Å². The summed E-state index contributed by atoms with van der Waals surface area (Å²) in [6.07, 6.45) is 3.19. The van der Waals surface area contributed by atoms with Gasteiger partial charge in [0.1, 0.15) is 5.76 Å². The molecular weight excluding hydrogens is 220 g/mol. The fourth-order valence-electron chi connectivity index (χ4n) is 1.55. The molecule has 17 heavy (non-hydrogen) atoms. The molecule has 0 radical (unpaired) electrons. The second kappa shape index (κ2) is 4.40. The minimum atomic E-state index is -0.153. The van der Waals surface area contributed by atoms with E-state index in [1.54, 1.807) is 19.4 Å². The average Bonchev–Trinajstić information content (AvgIpc) is 2.62. The normalized spacial score (nSPS) is 10.5. The highest BCUT2D eigenvalue weighted by Crippen LogP contribution is 2.12. The van der Waals surface area contributed by atoms with Crippen LogP contribution in [0.25, 0.3) is 0 Å². The third-order valence-electron chi connectivity index (χ3n) is 2.63. The Morgan fingerprint density at radius 2 is 2.24 bits per heavy atom. The number of nitrogens with one attached hydrogen (secondary N) is 1. The van der Waals surface area contributed by atoms with E-state index in [4.69, 9.17) is 4.52 Å². The van der Waals surface area contributed by atoms with E-state index in [1.807, 2.05) is 13.8 Å². The van der Waals surface area contributed by atoms with Crippen molar-refractivity contribution in [1.82, 2.24) is 14.7 Å². The van der Waals surface area contributed by atoms with Gasteiger partial charge in [-0.15, -0.1) is 0 Å². The molecule has 0 unspecified atom stereocenters. The summed E-state index contributed by atoms with van der Waals surface area (Å²) >= 11 is 0. The molecule has 0 aromatic carbocycles. The largest absolute Gasteiger partial charge is 0.361 e. The van der Waals surface area contributed by atoms with Crippen LogP contribution in [0.4, 0.5) is 5.82 Å². The summed E-state index contributed by atoms with van der Waals surface area (Å²) < 4.78 is 6.52. The lowest BCUT2D eigenvalue weighted by atomic mass is 10.2. The maximum atomic E-state index is 11.7. The topological polar surface area (TPSA) is 73.0 Å². The number of rotatable bonds is 3. The number of aromatic nitrogens is 3. The summed E-state index contributed by atoms with van der Waals surface area (Å²) in [5.74, 6) is 1.08. The number of hydrogen-bond acceptors (Lipinski definition) is 5. The Kier molecular flexibility index (Phi) is 2.95. The molecule has 0 atom stereocenters. The van der Waals surface area contributed by atoms with Gasteiger partial charge in [0.15, 0.2) is 5.82 Å². The van der Waals surface area contributed by atoms with Crippen molar-refractivity contribution in [3.8, 4) is 0 Å². The summed E-state index contributed by atoms with van der Waals surface area (Å²) in [5.41, 5.74) is 1.62. The van der Waals surface area contributed by atoms with Crippen LogP contribution in [0.1, 0.15) is 17.0 Å². The highest BCUT2D eigenvalue weighted by Gasteiger charge is 2.09. The first-order valence-corrected chi connectivity index (χ1v) is 5.27. The monoisotopic (exact) mass is 234 g/mol. The van der Waals surface area contributed by atoms with Crippen molar-refractivity contribution in [3.05, 3.63) is 39.8 Å². The summed E-state index contributed by atoms with van der Waals surface area (Å²) in [6.45, 7) is 4.19. The second-order valence-corrected chi connectivity index (χ2v) is 3.85. The quantitative estimate of drug-likeness (QED) is 0.857. The molecule has 0 aliphatic heterocycles. The Hall–Kier alpha value is -2.11. The van der Waals surface area contributed by atoms with Gasteiger partial charge in [0.05, 0.1) is 5.69 Å². The maximum Gasteiger partial charge on any atom is 0.293 e. The van der Waals surface area contributed by atoms with Gasteiger partial charge in [-0.2, -0.15) is 0 Å². The van der Waals surface area contributed by atoms with Gasteiger partial charge in [-0.1, -0.05) is 5.16 Å². The molecule has 2 aromatic heterocycles. The van der Waals surface area contributed by atoms with Crippen molar-refractivity contribution in [2.75, 3.05) is 5.32 Å². The Morgan fingerprint density at radius 1 is 1.47 bits per heavy atom. The average molecular weight is 234 g/mol. The second-order valence-electron chi connectivity index (χ2n) is 3.85. The van der Waals surface area contributed by atoms with Crippen LogP contribution in [-0.2, 0) is 13.6 Å². The number of anilines is 1. The first-order chi connectivity index (χ1) is 8.09. The molecule has 90 valence electrons. The van der Waals surface area contributed by atoms with Crippen LogP contribution in [0.15, 0.2) is 21.7 Å². The molecule has 0 amide bonds. The van der Waals surface area contributed by atoms with Gasteiger partial charge in [-0.05, 0) is 13.8 Å². The fraction of sp³-hybridized carbons (Fsp3) is 0.364. The van der Waals surface area contributed by atoms with E-state index in [-0.39, 0.29) is 5.56 Å². The Morgan fingerprint density at radius 3 is 2.88 bits per heavy atom. The first kappa shape index (κ1) is 11.4. The SMILES string of the molecule is Cc1noc(C)c1CNc1nccn(C)c1=O. The van der Waals surface area contributed by atoms with E-state index in [1.165, 1.54) is 4.57 Å². The standard InChI is InChI=1S/C11H14N4O2/c1-7-9(8(2)17-14-7)6-13-10-11(16)15(3)5-4-12-10/h4-5H,6H2,1-3H3,(H,12,13). The van der Waals surface area contributed by atoms with E-state index in [0.29, 0.717) is 12.4 Å². The summed E-state index contributed by atoms with van der Waals surface area (Å²) in [5, 5.41) is 6.84. The lowest BCUT2D eigenvalue weighted by Gasteiger charge is -2.05. The number of aryl methyl sites for hydroxylation is 3. The molecule has 0 bridgehead atoms. The van der Waals surface area contributed by atoms with Crippen LogP contribution in [0.5, 0.6) is 0 Å². The van der Waals surface area contributed by atoms with Crippen molar-refractivity contribution in [2.45, 2.75) is 20.4 Å². The van der Waals surface area contributed by atoms with Crippen molar-refractivity contribution in [2.24, 2.45) is 7.05 Å². The predicted molar refractivity (Wildman–Crippen MR) is 62.8 cm³/mol. The molecule has 2 heterocycles. The maximum absolute atomic E-state index is 11.7. The van der Waals surface area contributed by atoms with E-state index >= 15 is 0 Å². The van der Waals surface area contributed by atoms with E-state index < -0.39 is 0 Å². The van der Waals surface area contributed by atoms with Crippen molar-refractivity contribution in [1.29, 1.82) is 0 Å². The smallest absolute Gasteiger partial charge is 0.293 e. The Balaban J connectivity index is 2.18. The number of nitrogens with zero attached hydrogens (tertiary/aromatic N) is 3. The van der Waals surface area contributed by atoms with E-state index in [9.17, 15) is 4.79 Å². The molecule has 2 rings (SSSR count). The molecule has 0 saturated carbocycles. The molecule has 0 spiro atoms. The zero-order valence-corrected chi connectivity index (χ0v) is 10.0. The minimum Gasteiger partial charge on any atom is -0.361 e. The van der Waals surface area contributed by atoms with Gasteiger partial charge in [-0.3, -0.25) is 4.79 Å². The Bertz CT molecular complexity index is 566. The zero-order chi connectivity index (χ0) is 12.4. The molecule has 1 N–H and O–H groups in total. The van der Waals surface area contributed by atoms with Crippen LogP contribution in [-0.4, -0.2) is 14.7 Å². The van der Waals surface area contributed by atoms with Crippen molar-refractivity contribution < 1.29 is 4.52 Å². The third kappa shape index (κ3) is 2.20. The van der Waals surface area contributed by atoms with Crippen LogP contribution in [0.3, 0.4) is 0 Å². The summed E-state index contributed by atoms with van der Waals surface area (Å²) in [7, 11) is 1.69. The molecule has 6 nitrogen and oxygen atoms in total. The molecule has 6 heteroatoms. The summed E-state index contributed by atoms with van der Waals surface area (Å²) in [6, 6.07) is 0. The van der Waals surface area contributed by atoms with Gasteiger partial charge in [0.2, 0.25) is 0 Å². The van der Waals surface area contributed by atoms with Crippen LogP contribution < -0.4 is 10.9 Å². The van der Waals surface area contributed by atoms with Gasteiger partial charge in [0.25, 0.3) is 5.56 Å². The molecule has 0 fully saturated rings.